The smallest absolute Gasteiger partial charge is 0.237 e. The largest absolute Gasteiger partial charge is 0.497 e. The van der Waals surface area contributed by atoms with E-state index in [-0.39, 0.29) is 0 Å². The average Bonchev–Trinajstić information content (AvgIpc) is 2.79. The zero-order valence-corrected chi connectivity index (χ0v) is 12.4. The van der Waals surface area contributed by atoms with E-state index in [1.54, 1.807) is 45.6 Å². The van der Waals surface area contributed by atoms with Crippen molar-refractivity contribution in [2.75, 3.05) is 14.2 Å². The second-order valence-corrected chi connectivity index (χ2v) is 4.44. The Morgan fingerprint density at radius 1 is 1.24 bits per heavy atom. The van der Waals surface area contributed by atoms with Gasteiger partial charge in [0.05, 0.1) is 14.2 Å². The molecule has 1 aromatic heterocycles. The van der Waals surface area contributed by atoms with E-state index >= 15 is 0 Å². The molecule has 1 aromatic carbocycles. The number of rotatable bonds is 4. The molecule has 0 amide bonds. The number of hydrogen-bond donors (Lipinski definition) is 0. The first-order valence-electron chi connectivity index (χ1n) is 6.37. The van der Waals surface area contributed by atoms with E-state index in [9.17, 15) is 0 Å². The molecule has 0 saturated heterocycles. The van der Waals surface area contributed by atoms with Gasteiger partial charge in [-0.2, -0.15) is 5.26 Å². The van der Waals surface area contributed by atoms with E-state index in [4.69, 9.17) is 19.2 Å². The van der Waals surface area contributed by atoms with Gasteiger partial charge in [0.1, 0.15) is 28.9 Å². The van der Waals surface area contributed by atoms with Gasteiger partial charge in [-0.3, -0.25) is 0 Å². The van der Waals surface area contributed by atoms with Crippen LogP contribution < -0.4 is 9.47 Å². The highest BCUT2D eigenvalue weighted by molar-refractivity contribution is 5.86. The maximum Gasteiger partial charge on any atom is 0.237 e. The molecule has 0 unspecified atom stereocenters. The van der Waals surface area contributed by atoms with Crippen LogP contribution in [0.5, 0.6) is 11.5 Å². The van der Waals surface area contributed by atoms with Crippen LogP contribution in [-0.4, -0.2) is 20.4 Å². The molecule has 0 aliphatic heterocycles. The number of aryl methyl sites for hydroxylation is 1. The van der Waals surface area contributed by atoms with Crippen LogP contribution in [0.3, 0.4) is 0 Å². The average molecular weight is 284 g/mol. The number of aliphatic imine (C=N–C) groups is 1. The summed E-state index contributed by atoms with van der Waals surface area (Å²) in [6.45, 7) is 3.64. The van der Waals surface area contributed by atoms with Crippen molar-refractivity contribution in [3.63, 3.8) is 0 Å². The van der Waals surface area contributed by atoms with Crippen molar-refractivity contribution < 1.29 is 13.9 Å². The molecule has 1 heterocycles. The van der Waals surface area contributed by atoms with Gasteiger partial charge in [0.2, 0.25) is 5.88 Å². The van der Waals surface area contributed by atoms with Gasteiger partial charge in [0.25, 0.3) is 0 Å². The Kier molecular flexibility index (Phi) is 4.29. The first-order chi connectivity index (χ1) is 10.1. The number of methoxy groups -OCH3 is 2. The minimum atomic E-state index is 0.303. The highest BCUT2D eigenvalue weighted by Gasteiger charge is 2.13. The Morgan fingerprint density at radius 3 is 2.62 bits per heavy atom. The van der Waals surface area contributed by atoms with Gasteiger partial charge in [-0.15, -0.1) is 0 Å². The van der Waals surface area contributed by atoms with Gasteiger partial charge in [-0.1, -0.05) is 0 Å². The van der Waals surface area contributed by atoms with Crippen LogP contribution in [0.4, 0.5) is 5.88 Å². The summed E-state index contributed by atoms with van der Waals surface area (Å²) in [6.07, 6.45) is 1.60. The van der Waals surface area contributed by atoms with Gasteiger partial charge in [0.15, 0.2) is 0 Å². The van der Waals surface area contributed by atoms with Crippen molar-refractivity contribution in [1.29, 1.82) is 5.26 Å². The van der Waals surface area contributed by atoms with Crippen LogP contribution in [0.1, 0.15) is 22.5 Å². The summed E-state index contributed by atoms with van der Waals surface area (Å²) in [5.74, 6) is 2.36. The third-order valence-electron chi connectivity index (χ3n) is 3.24. The fourth-order valence-electron chi connectivity index (χ4n) is 1.90. The van der Waals surface area contributed by atoms with Gasteiger partial charge in [-0.25, -0.2) is 4.99 Å². The van der Waals surface area contributed by atoms with Crippen molar-refractivity contribution in [2.24, 2.45) is 4.99 Å². The summed E-state index contributed by atoms with van der Waals surface area (Å²) < 4.78 is 16.0. The molecule has 0 saturated carbocycles. The molecule has 0 N–H and O–H groups in total. The van der Waals surface area contributed by atoms with Crippen LogP contribution in [0.2, 0.25) is 0 Å². The lowest BCUT2D eigenvalue weighted by Gasteiger charge is -2.06. The first-order valence-corrected chi connectivity index (χ1v) is 6.37. The standard InChI is InChI=1S/C16H16N2O3/c1-10-11(2)21-16(14(10)8-17)18-9-12-7-13(19-3)5-6-15(12)20-4/h5-7,9H,1-4H3. The summed E-state index contributed by atoms with van der Waals surface area (Å²) in [6, 6.07) is 7.51. The Balaban J connectivity index is 2.42. The molecule has 0 bridgehead atoms. The van der Waals surface area contributed by atoms with Crippen molar-refractivity contribution in [2.45, 2.75) is 13.8 Å². The number of nitriles is 1. The predicted octanol–water partition coefficient (Wildman–Crippen LogP) is 3.54. The van der Waals surface area contributed by atoms with E-state index < -0.39 is 0 Å². The second-order valence-electron chi connectivity index (χ2n) is 4.44. The molecule has 5 nitrogen and oxygen atoms in total. The minimum absolute atomic E-state index is 0.303. The van der Waals surface area contributed by atoms with Crippen molar-refractivity contribution >= 4 is 12.1 Å². The van der Waals surface area contributed by atoms with Crippen LogP contribution in [0.25, 0.3) is 0 Å². The molecular weight excluding hydrogens is 268 g/mol. The summed E-state index contributed by atoms with van der Waals surface area (Å²) in [5, 5.41) is 9.16. The summed E-state index contributed by atoms with van der Waals surface area (Å²) in [5.41, 5.74) is 2.00. The van der Waals surface area contributed by atoms with Crippen LogP contribution in [-0.2, 0) is 0 Å². The van der Waals surface area contributed by atoms with E-state index in [1.165, 1.54) is 0 Å². The summed E-state index contributed by atoms with van der Waals surface area (Å²) in [7, 11) is 3.18. The fourth-order valence-corrected chi connectivity index (χ4v) is 1.90. The van der Waals surface area contributed by atoms with Gasteiger partial charge in [0, 0.05) is 17.3 Å². The molecule has 21 heavy (non-hydrogen) atoms. The second kappa shape index (κ2) is 6.14. The summed E-state index contributed by atoms with van der Waals surface area (Å²) in [4.78, 5) is 4.26. The number of ether oxygens (including phenoxy) is 2. The minimum Gasteiger partial charge on any atom is -0.497 e. The topological polar surface area (TPSA) is 67.8 Å². The van der Waals surface area contributed by atoms with E-state index in [0.29, 0.717) is 28.7 Å². The first kappa shape index (κ1) is 14.7. The monoisotopic (exact) mass is 284 g/mol. The maximum atomic E-state index is 9.16. The fraction of sp³-hybridized carbons (Fsp3) is 0.250. The van der Waals surface area contributed by atoms with Crippen LogP contribution in [0.15, 0.2) is 27.6 Å². The lowest BCUT2D eigenvalue weighted by atomic mass is 10.2. The highest BCUT2D eigenvalue weighted by atomic mass is 16.5. The van der Waals surface area contributed by atoms with Crippen molar-refractivity contribution in [1.82, 2.24) is 0 Å². The highest BCUT2D eigenvalue weighted by Crippen LogP contribution is 2.29. The van der Waals surface area contributed by atoms with E-state index in [1.807, 2.05) is 6.92 Å². The van der Waals surface area contributed by atoms with E-state index in [0.717, 1.165) is 11.1 Å². The number of furan rings is 1. The normalized spacial score (nSPS) is 10.6. The van der Waals surface area contributed by atoms with Gasteiger partial charge >= 0.3 is 0 Å². The molecule has 0 radical (unpaired) electrons. The molecule has 0 atom stereocenters. The Bertz CT molecular complexity index is 724. The predicted molar refractivity (Wildman–Crippen MR) is 79.7 cm³/mol. The van der Waals surface area contributed by atoms with Gasteiger partial charge in [-0.05, 0) is 32.0 Å². The zero-order chi connectivity index (χ0) is 15.4. The molecule has 108 valence electrons. The molecule has 5 heteroatoms. The number of nitrogens with zero attached hydrogens (tertiary/aromatic N) is 2. The molecule has 0 aliphatic rings. The molecule has 0 fully saturated rings. The molecule has 2 rings (SSSR count). The van der Waals surface area contributed by atoms with Gasteiger partial charge < -0.3 is 13.9 Å². The Labute approximate surface area is 123 Å². The van der Waals surface area contributed by atoms with E-state index in [2.05, 4.69) is 11.1 Å². The van der Waals surface area contributed by atoms with Crippen molar-refractivity contribution in [3.05, 3.63) is 40.6 Å². The number of hydrogen-bond acceptors (Lipinski definition) is 5. The zero-order valence-electron chi connectivity index (χ0n) is 12.4. The van der Waals surface area contributed by atoms with Crippen LogP contribution in [0, 0.1) is 25.2 Å². The van der Waals surface area contributed by atoms with Crippen LogP contribution >= 0.6 is 0 Å². The van der Waals surface area contributed by atoms with Crippen molar-refractivity contribution in [3.8, 4) is 17.6 Å². The lowest BCUT2D eigenvalue weighted by Crippen LogP contribution is -1.92. The quantitative estimate of drug-likeness (QED) is 0.805. The SMILES string of the molecule is COc1ccc(OC)c(C=Nc2oc(C)c(C)c2C#N)c1. The molecular formula is C16H16N2O3. The number of benzene rings is 1. The Hall–Kier alpha value is -2.74. The maximum absolute atomic E-state index is 9.16. The third kappa shape index (κ3) is 2.90. The molecule has 0 spiro atoms. The third-order valence-corrected chi connectivity index (χ3v) is 3.24. The Morgan fingerprint density at radius 2 is 2.00 bits per heavy atom. The lowest BCUT2D eigenvalue weighted by molar-refractivity contribution is 0.402. The summed E-state index contributed by atoms with van der Waals surface area (Å²) >= 11 is 0. The molecule has 0 aliphatic carbocycles. The molecule has 2 aromatic rings.